The monoisotopic (exact) mass is 558 g/mol. The number of para-hydroxylation sites is 4. The Kier molecular flexibility index (Phi) is 4.75. The van der Waals surface area contributed by atoms with Gasteiger partial charge in [-0.15, -0.1) is 0 Å². The van der Waals surface area contributed by atoms with E-state index in [4.69, 9.17) is 0 Å². The number of benzene rings is 7. The molecule has 0 atom stereocenters. The summed E-state index contributed by atoms with van der Waals surface area (Å²) in [6.07, 6.45) is 0. The van der Waals surface area contributed by atoms with Gasteiger partial charge in [-0.05, 0) is 64.7 Å². The molecule has 0 bridgehead atoms. The lowest BCUT2D eigenvalue weighted by Gasteiger charge is -2.15. The average molecular weight is 559 g/mol. The summed E-state index contributed by atoms with van der Waals surface area (Å²) in [5.74, 6) is 0. The summed E-state index contributed by atoms with van der Waals surface area (Å²) in [6, 6.07) is 57.8. The number of rotatable bonds is 2. The first-order chi connectivity index (χ1) is 21.8. The summed E-state index contributed by atoms with van der Waals surface area (Å²) in [7, 11) is 0. The Hall–Kier alpha value is -5.86. The first-order valence-corrected chi connectivity index (χ1v) is 15.2. The highest BCUT2D eigenvalue weighted by atomic mass is 15.0. The number of nitrogens with zero attached hydrogens (tertiary/aromatic N) is 2. The highest BCUT2D eigenvalue weighted by Crippen LogP contribution is 2.47. The molecule has 0 saturated carbocycles. The van der Waals surface area contributed by atoms with E-state index in [2.05, 4.69) is 167 Å². The lowest BCUT2D eigenvalue weighted by molar-refractivity contribution is 1.18. The van der Waals surface area contributed by atoms with Gasteiger partial charge in [0.05, 0.1) is 27.8 Å². The third-order valence-electron chi connectivity index (χ3n) is 9.48. The lowest BCUT2D eigenvalue weighted by Crippen LogP contribution is -1.96. The summed E-state index contributed by atoms with van der Waals surface area (Å²) in [5, 5.41) is 5.15. The van der Waals surface area contributed by atoms with Crippen LogP contribution in [0.25, 0.3) is 88.4 Å². The maximum Gasteiger partial charge on any atom is 0.0619 e. The third kappa shape index (κ3) is 3.14. The Morgan fingerprint density at radius 1 is 0.318 bits per heavy atom. The van der Waals surface area contributed by atoms with Crippen LogP contribution in [-0.4, -0.2) is 9.13 Å². The SMILES string of the molecule is c1ccc2c(c1)-c1cc(-c3ccc(-n4c5ccccc5c5ccccc54)cc3)ccc1-n1c3ccccc3c3cccc-2c31. The van der Waals surface area contributed by atoms with Crippen LogP contribution in [0.5, 0.6) is 0 Å². The average Bonchev–Trinajstić information content (AvgIpc) is 3.57. The van der Waals surface area contributed by atoms with Crippen LogP contribution in [0, 0.1) is 0 Å². The molecule has 7 aromatic carbocycles. The van der Waals surface area contributed by atoms with E-state index in [1.165, 1.54) is 88.4 Å². The molecule has 0 spiro atoms. The fourth-order valence-corrected chi connectivity index (χ4v) is 7.57. The van der Waals surface area contributed by atoms with Crippen molar-refractivity contribution in [1.29, 1.82) is 0 Å². The Labute approximate surface area is 254 Å². The van der Waals surface area contributed by atoms with Gasteiger partial charge in [-0.2, -0.15) is 0 Å². The number of aromatic nitrogens is 2. The van der Waals surface area contributed by atoms with Crippen molar-refractivity contribution in [1.82, 2.24) is 9.13 Å². The molecule has 1 aliphatic rings. The van der Waals surface area contributed by atoms with Crippen LogP contribution in [0.4, 0.5) is 0 Å². The van der Waals surface area contributed by atoms with Gasteiger partial charge in [-0.25, -0.2) is 0 Å². The van der Waals surface area contributed by atoms with Crippen molar-refractivity contribution >= 4 is 43.6 Å². The van der Waals surface area contributed by atoms with Crippen molar-refractivity contribution in [2.45, 2.75) is 0 Å². The minimum absolute atomic E-state index is 1.17. The number of hydrogen-bond donors (Lipinski definition) is 0. The van der Waals surface area contributed by atoms with E-state index in [1.807, 2.05) is 0 Å². The Morgan fingerprint density at radius 3 is 1.50 bits per heavy atom. The smallest absolute Gasteiger partial charge is 0.0619 e. The van der Waals surface area contributed by atoms with Gasteiger partial charge in [0.2, 0.25) is 0 Å². The van der Waals surface area contributed by atoms with E-state index in [0.717, 1.165) is 0 Å². The van der Waals surface area contributed by atoms with Gasteiger partial charge >= 0.3 is 0 Å². The molecule has 2 heteroatoms. The standard InChI is InChI=1S/C42H26N2/c1-2-11-31-30(10-1)35-15-9-16-36-34-14-5-8-19-40(34)44(42(35)36)41-25-22-28(26-37(31)41)27-20-23-29(24-21-27)43-38-17-6-3-12-32(38)33-13-4-7-18-39(33)43/h1-26H. The second-order valence-electron chi connectivity index (χ2n) is 11.7. The van der Waals surface area contributed by atoms with Gasteiger partial charge in [0.15, 0.2) is 0 Å². The van der Waals surface area contributed by atoms with Crippen LogP contribution >= 0.6 is 0 Å². The number of fused-ring (bicyclic) bond motifs is 11. The Morgan fingerprint density at radius 2 is 0.818 bits per heavy atom. The van der Waals surface area contributed by atoms with E-state index in [1.54, 1.807) is 0 Å². The molecule has 2 aromatic heterocycles. The van der Waals surface area contributed by atoms with Crippen molar-refractivity contribution < 1.29 is 0 Å². The maximum absolute atomic E-state index is 2.48. The minimum atomic E-state index is 1.17. The molecule has 0 unspecified atom stereocenters. The zero-order valence-electron chi connectivity index (χ0n) is 23.9. The fourth-order valence-electron chi connectivity index (χ4n) is 7.57. The first kappa shape index (κ1) is 23.7. The molecule has 2 nitrogen and oxygen atoms in total. The molecule has 0 N–H and O–H groups in total. The quantitative estimate of drug-likeness (QED) is 0.200. The van der Waals surface area contributed by atoms with E-state index < -0.39 is 0 Å². The molecule has 3 heterocycles. The van der Waals surface area contributed by atoms with E-state index in [0.29, 0.717) is 0 Å². The molecule has 0 aliphatic carbocycles. The summed E-state index contributed by atoms with van der Waals surface area (Å²) in [4.78, 5) is 0. The second kappa shape index (κ2) is 8.82. The van der Waals surface area contributed by atoms with Crippen molar-refractivity contribution in [3.8, 4) is 44.8 Å². The third-order valence-corrected chi connectivity index (χ3v) is 9.48. The predicted octanol–water partition coefficient (Wildman–Crippen LogP) is 11.2. The van der Waals surface area contributed by atoms with Crippen molar-refractivity contribution in [3.63, 3.8) is 0 Å². The normalized spacial score (nSPS) is 12.1. The highest BCUT2D eigenvalue weighted by molar-refractivity contribution is 6.16. The minimum Gasteiger partial charge on any atom is -0.309 e. The molecular weight excluding hydrogens is 532 g/mol. The van der Waals surface area contributed by atoms with Crippen LogP contribution in [-0.2, 0) is 0 Å². The molecule has 10 rings (SSSR count). The zero-order valence-corrected chi connectivity index (χ0v) is 23.9. The summed E-state index contributed by atoms with van der Waals surface area (Å²) >= 11 is 0. The molecule has 204 valence electrons. The van der Waals surface area contributed by atoms with Crippen LogP contribution < -0.4 is 0 Å². The van der Waals surface area contributed by atoms with E-state index >= 15 is 0 Å². The molecule has 0 fully saturated rings. The maximum atomic E-state index is 2.48. The van der Waals surface area contributed by atoms with Crippen molar-refractivity contribution in [2.24, 2.45) is 0 Å². The van der Waals surface area contributed by atoms with Gasteiger partial charge in [0.1, 0.15) is 0 Å². The summed E-state index contributed by atoms with van der Waals surface area (Å²) in [5.41, 5.74) is 14.9. The van der Waals surface area contributed by atoms with E-state index in [-0.39, 0.29) is 0 Å². The Balaban J connectivity index is 1.17. The van der Waals surface area contributed by atoms with Gasteiger partial charge in [-0.3, -0.25) is 0 Å². The molecule has 44 heavy (non-hydrogen) atoms. The van der Waals surface area contributed by atoms with Crippen LogP contribution in [0.3, 0.4) is 0 Å². The molecule has 0 amide bonds. The second-order valence-corrected chi connectivity index (χ2v) is 11.7. The fraction of sp³-hybridized carbons (Fsp3) is 0. The van der Waals surface area contributed by atoms with Gasteiger partial charge in [0, 0.05) is 38.4 Å². The van der Waals surface area contributed by atoms with Gasteiger partial charge < -0.3 is 9.13 Å². The molecule has 0 saturated heterocycles. The van der Waals surface area contributed by atoms with E-state index in [9.17, 15) is 0 Å². The molecule has 1 aliphatic heterocycles. The first-order valence-electron chi connectivity index (χ1n) is 15.2. The van der Waals surface area contributed by atoms with Crippen molar-refractivity contribution in [3.05, 3.63) is 158 Å². The predicted molar refractivity (Wildman–Crippen MR) is 185 cm³/mol. The number of hydrogen-bond acceptors (Lipinski definition) is 0. The zero-order chi connectivity index (χ0) is 28.8. The topological polar surface area (TPSA) is 9.86 Å². The van der Waals surface area contributed by atoms with Crippen LogP contribution in [0.2, 0.25) is 0 Å². The molecule has 0 radical (unpaired) electrons. The summed E-state index contributed by atoms with van der Waals surface area (Å²) in [6.45, 7) is 0. The molecule has 9 aromatic rings. The molecular formula is C42H26N2. The van der Waals surface area contributed by atoms with Gasteiger partial charge in [0.25, 0.3) is 0 Å². The Bertz CT molecular complexity index is 2540. The van der Waals surface area contributed by atoms with Crippen molar-refractivity contribution in [2.75, 3.05) is 0 Å². The lowest BCUT2D eigenvalue weighted by atomic mass is 9.92. The van der Waals surface area contributed by atoms with Crippen LogP contribution in [0.15, 0.2) is 158 Å². The largest absolute Gasteiger partial charge is 0.309 e. The van der Waals surface area contributed by atoms with Crippen LogP contribution in [0.1, 0.15) is 0 Å². The van der Waals surface area contributed by atoms with Gasteiger partial charge in [-0.1, -0.05) is 115 Å². The summed E-state index contributed by atoms with van der Waals surface area (Å²) < 4.78 is 4.85. The highest BCUT2D eigenvalue weighted by Gasteiger charge is 2.24.